The van der Waals surface area contributed by atoms with Crippen molar-refractivity contribution >= 4 is 27.7 Å². The number of hydrogen-bond acceptors (Lipinski definition) is 9. The van der Waals surface area contributed by atoms with Gasteiger partial charge >= 0.3 is 5.97 Å². The van der Waals surface area contributed by atoms with Crippen molar-refractivity contribution in [1.82, 2.24) is 19.4 Å². The highest BCUT2D eigenvalue weighted by atomic mass is 32.1. The number of carboxylic acids is 1. The topological polar surface area (TPSA) is 140 Å². The van der Waals surface area contributed by atoms with Crippen LogP contribution in [0.25, 0.3) is 10.3 Å². The molecule has 0 aliphatic carbocycles. The van der Waals surface area contributed by atoms with Crippen LogP contribution >= 0.6 is 11.3 Å². The quantitative estimate of drug-likeness (QED) is 0.302. The zero-order valence-corrected chi connectivity index (χ0v) is 23.1. The number of imidazole rings is 1. The number of fused-ring (bicyclic) bond motifs is 1. The van der Waals surface area contributed by atoms with Crippen LogP contribution in [0.15, 0.2) is 42.5 Å². The van der Waals surface area contributed by atoms with E-state index in [0.29, 0.717) is 42.9 Å². The molecule has 12 heteroatoms. The summed E-state index contributed by atoms with van der Waals surface area (Å²) in [5.74, 6) is -0.182. The standard InChI is InChI=1S/C29H29FN6O4S/c30-21-12-18(14-31)4-5-19(21)17-40-26-3-1-2-24(34-26)29(32)7-9-35(10-8-29)16-25-33-22-13-23(28(37)38)41-27(22)36(25)15-20-6-11-39-20/h1-5,12-13,20H,6-11,15-17,32H2,(H,37,38)/t20-/m0/s1. The van der Waals surface area contributed by atoms with Gasteiger partial charge in [-0.1, -0.05) is 12.1 Å². The van der Waals surface area contributed by atoms with Crippen LogP contribution in [0.1, 0.15) is 51.6 Å². The van der Waals surface area contributed by atoms with Gasteiger partial charge in [0.2, 0.25) is 5.88 Å². The molecule has 1 aromatic carbocycles. The maximum Gasteiger partial charge on any atom is 0.346 e. The number of pyridine rings is 1. The minimum absolute atomic E-state index is 0.0106. The largest absolute Gasteiger partial charge is 0.477 e. The number of ether oxygens (including phenoxy) is 2. The lowest BCUT2D eigenvalue weighted by Gasteiger charge is -2.39. The van der Waals surface area contributed by atoms with Gasteiger partial charge in [0, 0.05) is 31.3 Å². The number of nitriles is 1. The number of carboxylic acid groups (broad SMARTS) is 1. The fraction of sp³-hybridized carbons (Fsp3) is 0.379. The smallest absolute Gasteiger partial charge is 0.346 e. The van der Waals surface area contributed by atoms with E-state index < -0.39 is 17.3 Å². The number of aromatic carboxylic acids is 1. The monoisotopic (exact) mass is 576 g/mol. The van der Waals surface area contributed by atoms with Crippen LogP contribution in [-0.2, 0) is 30.0 Å². The lowest BCUT2D eigenvalue weighted by atomic mass is 9.85. The molecule has 0 amide bonds. The zero-order valence-electron chi connectivity index (χ0n) is 22.3. The van der Waals surface area contributed by atoms with E-state index in [1.165, 1.54) is 23.5 Å². The van der Waals surface area contributed by atoms with Crippen molar-refractivity contribution in [2.24, 2.45) is 5.73 Å². The Morgan fingerprint density at radius 2 is 2.07 bits per heavy atom. The first-order chi connectivity index (χ1) is 19.8. The molecule has 3 N–H and O–H groups in total. The number of aromatic nitrogens is 3. The van der Waals surface area contributed by atoms with Crippen LogP contribution in [0.5, 0.6) is 5.88 Å². The van der Waals surface area contributed by atoms with Gasteiger partial charge in [0.25, 0.3) is 0 Å². The predicted molar refractivity (Wildman–Crippen MR) is 149 cm³/mol. The molecule has 2 aliphatic rings. The Kier molecular flexibility index (Phi) is 7.44. The highest BCUT2D eigenvalue weighted by Crippen LogP contribution is 2.33. The minimum Gasteiger partial charge on any atom is -0.477 e. The summed E-state index contributed by atoms with van der Waals surface area (Å²) in [6.07, 6.45) is 2.46. The van der Waals surface area contributed by atoms with Crippen molar-refractivity contribution in [1.29, 1.82) is 5.26 Å². The predicted octanol–water partition coefficient (Wildman–Crippen LogP) is 4.02. The molecule has 2 saturated heterocycles. The Bertz CT molecular complexity index is 1630. The molecule has 4 aromatic rings. The van der Waals surface area contributed by atoms with E-state index in [2.05, 4.69) is 14.5 Å². The third kappa shape index (κ3) is 5.67. The first-order valence-corrected chi connectivity index (χ1v) is 14.3. The summed E-state index contributed by atoms with van der Waals surface area (Å²) in [6.45, 7) is 3.49. The summed E-state index contributed by atoms with van der Waals surface area (Å²) in [4.78, 5) is 24.4. The van der Waals surface area contributed by atoms with Crippen molar-refractivity contribution in [2.45, 2.75) is 50.6 Å². The first kappa shape index (κ1) is 27.3. The molecule has 0 radical (unpaired) electrons. The maximum absolute atomic E-state index is 14.3. The van der Waals surface area contributed by atoms with E-state index in [1.807, 2.05) is 18.2 Å². The SMILES string of the molecule is N#Cc1ccc(COc2cccc(C3(N)CCN(Cc4nc5cc(C(=O)O)sc5n4C[C@@H]4CCO4)CC3)n2)c(F)c1. The number of thiophene rings is 1. The molecule has 0 spiro atoms. The van der Waals surface area contributed by atoms with Gasteiger partial charge in [0.15, 0.2) is 0 Å². The average Bonchev–Trinajstić information content (AvgIpc) is 3.50. The van der Waals surface area contributed by atoms with E-state index in [9.17, 15) is 14.3 Å². The number of rotatable bonds is 9. The molecule has 212 valence electrons. The average molecular weight is 577 g/mol. The number of likely N-dealkylation sites (tertiary alicyclic amines) is 1. The van der Waals surface area contributed by atoms with Gasteiger partial charge in [0.1, 0.15) is 33.5 Å². The van der Waals surface area contributed by atoms with Gasteiger partial charge in [-0.25, -0.2) is 19.2 Å². The number of halogens is 1. The molecule has 0 saturated carbocycles. The lowest BCUT2D eigenvalue weighted by Crippen LogP contribution is -2.48. The van der Waals surface area contributed by atoms with Crippen molar-refractivity contribution in [3.8, 4) is 11.9 Å². The fourth-order valence-corrected chi connectivity index (χ4v) is 6.20. The van der Waals surface area contributed by atoms with Crippen LogP contribution in [0.4, 0.5) is 4.39 Å². The number of piperidine rings is 1. The molecule has 0 unspecified atom stereocenters. The third-order valence-electron chi connectivity index (χ3n) is 7.79. The Morgan fingerprint density at radius 1 is 1.27 bits per heavy atom. The number of nitrogens with zero attached hydrogens (tertiary/aromatic N) is 5. The summed E-state index contributed by atoms with van der Waals surface area (Å²) in [5, 5.41) is 18.4. The van der Waals surface area contributed by atoms with E-state index >= 15 is 0 Å². The molecule has 0 bridgehead atoms. The molecule has 2 fully saturated rings. The van der Waals surface area contributed by atoms with Crippen LogP contribution in [0.3, 0.4) is 0 Å². The van der Waals surface area contributed by atoms with Crippen molar-refractivity contribution in [3.63, 3.8) is 0 Å². The van der Waals surface area contributed by atoms with E-state index in [-0.39, 0.29) is 23.2 Å². The van der Waals surface area contributed by atoms with Crippen LogP contribution in [-0.4, -0.2) is 56.3 Å². The van der Waals surface area contributed by atoms with Gasteiger partial charge in [-0.15, -0.1) is 11.3 Å². The van der Waals surface area contributed by atoms with E-state index in [0.717, 1.165) is 42.5 Å². The number of hydrogen-bond donors (Lipinski definition) is 2. The second kappa shape index (κ2) is 11.2. The van der Waals surface area contributed by atoms with Crippen LogP contribution in [0.2, 0.25) is 0 Å². The second-order valence-electron chi connectivity index (χ2n) is 10.5. The zero-order chi connectivity index (χ0) is 28.6. The summed E-state index contributed by atoms with van der Waals surface area (Å²) in [5.41, 5.74) is 8.24. The summed E-state index contributed by atoms with van der Waals surface area (Å²) in [6, 6.07) is 13.3. The Balaban J connectivity index is 1.11. The fourth-order valence-electron chi connectivity index (χ4n) is 5.23. The molecule has 10 nitrogen and oxygen atoms in total. The van der Waals surface area contributed by atoms with Crippen molar-refractivity contribution < 1.29 is 23.8 Å². The van der Waals surface area contributed by atoms with E-state index in [1.54, 1.807) is 18.2 Å². The van der Waals surface area contributed by atoms with Crippen LogP contribution in [0, 0.1) is 17.1 Å². The van der Waals surface area contributed by atoms with Gasteiger partial charge in [0.05, 0.1) is 42.1 Å². The van der Waals surface area contributed by atoms with E-state index in [4.69, 9.17) is 25.5 Å². The molecular weight excluding hydrogens is 547 g/mol. The molecule has 6 rings (SSSR count). The normalized spacial score (nSPS) is 18.6. The number of nitrogens with two attached hydrogens (primary N) is 1. The Labute approximate surface area is 239 Å². The number of carbonyl (C=O) groups is 1. The Morgan fingerprint density at radius 3 is 2.76 bits per heavy atom. The molecular formula is C29H29FN6O4S. The lowest BCUT2D eigenvalue weighted by molar-refractivity contribution is -0.0591. The molecule has 1 atom stereocenters. The minimum atomic E-state index is -0.944. The van der Waals surface area contributed by atoms with Crippen molar-refractivity contribution in [3.05, 3.63) is 75.8 Å². The molecule has 2 aliphatic heterocycles. The van der Waals surface area contributed by atoms with Gasteiger partial charge in [-0.3, -0.25) is 4.90 Å². The molecule has 3 aromatic heterocycles. The summed E-state index contributed by atoms with van der Waals surface area (Å²) in [7, 11) is 0. The van der Waals surface area contributed by atoms with Gasteiger partial charge < -0.3 is 24.9 Å². The van der Waals surface area contributed by atoms with Crippen LogP contribution < -0.4 is 10.5 Å². The van der Waals surface area contributed by atoms with Gasteiger partial charge in [-0.2, -0.15) is 5.26 Å². The number of benzene rings is 1. The molecule has 41 heavy (non-hydrogen) atoms. The highest BCUT2D eigenvalue weighted by Gasteiger charge is 2.35. The second-order valence-corrected chi connectivity index (χ2v) is 11.6. The Hall–Kier alpha value is -3.89. The highest BCUT2D eigenvalue weighted by molar-refractivity contribution is 7.20. The summed E-state index contributed by atoms with van der Waals surface area (Å²) >= 11 is 1.25. The van der Waals surface area contributed by atoms with Gasteiger partial charge in [-0.05, 0) is 43.5 Å². The maximum atomic E-state index is 14.3. The third-order valence-corrected chi connectivity index (χ3v) is 8.93. The molecule has 5 heterocycles. The summed E-state index contributed by atoms with van der Waals surface area (Å²) < 4.78 is 27.8. The first-order valence-electron chi connectivity index (χ1n) is 13.5. The van der Waals surface area contributed by atoms with Crippen molar-refractivity contribution in [2.75, 3.05) is 19.7 Å².